The maximum absolute atomic E-state index is 12.3. The Morgan fingerprint density at radius 2 is 1.84 bits per heavy atom. The molecule has 3 aromatic rings. The minimum absolute atomic E-state index is 0.156. The van der Waals surface area contributed by atoms with Gasteiger partial charge in [0.05, 0.1) is 16.8 Å². The molecule has 0 saturated heterocycles. The van der Waals surface area contributed by atoms with Crippen LogP contribution in [0.1, 0.15) is 27.0 Å². The highest BCUT2D eigenvalue weighted by Gasteiger charge is 2.12. The molecule has 3 aromatic carbocycles. The van der Waals surface area contributed by atoms with Crippen molar-refractivity contribution in [2.45, 2.75) is 13.8 Å². The fourth-order valence-electron chi connectivity index (χ4n) is 2.66. The molecule has 0 atom stereocenters. The molecule has 1 amide bonds. The number of rotatable bonds is 7. The van der Waals surface area contributed by atoms with Crippen LogP contribution in [0.4, 0.5) is 0 Å². The Kier molecular flexibility index (Phi) is 7.40. The summed E-state index contributed by atoms with van der Waals surface area (Å²) < 4.78 is 10.9. The maximum atomic E-state index is 12.3. The number of nitrogens with zero attached hydrogens (tertiary/aromatic N) is 1. The van der Waals surface area contributed by atoms with Crippen molar-refractivity contribution in [2.24, 2.45) is 5.10 Å². The molecule has 158 valence electrons. The number of amides is 1. The van der Waals surface area contributed by atoms with Crippen molar-refractivity contribution in [3.8, 4) is 11.5 Å². The van der Waals surface area contributed by atoms with Crippen molar-refractivity contribution in [1.82, 2.24) is 5.43 Å². The maximum Gasteiger partial charge on any atom is 0.345 e. The third-order valence-electron chi connectivity index (χ3n) is 4.27. The number of carbonyl (C=O) groups excluding carboxylic acids is 2. The number of esters is 1. The number of halogens is 1. The van der Waals surface area contributed by atoms with Gasteiger partial charge in [-0.15, -0.1) is 0 Å². The summed E-state index contributed by atoms with van der Waals surface area (Å²) in [6, 6.07) is 19.2. The zero-order valence-electron chi connectivity index (χ0n) is 17.1. The summed E-state index contributed by atoms with van der Waals surface area (Å²) in [5, 5.41) is 4.24. The molecule has 0 bridgehead atoms. The molecule has 31 heavy (non-hydrogen) atoms. The van der Waals surface area contributed by atoms with Gasteiger partial charge in [-0.3, -0.25) is 4.79 Å². The lowest BCUT2D eigenvalue weighted by Gasteiger charge is -2.09. The zero-order valence-corrected chi connectivity index (χ0v) is 17.8. The zero-order chi connectivity index (χ0) is 22.2. The van der Waals surface area contributed by atoms with Gasteiger partial charge in [0.2, 0.25) is 0 Å². The molecule has 7 heteroatoms. The molecule has 0 heterocycles. The standard InChI is InChI=1S/C24H21ClN2O4/c1-16-10-11-17(2)22(12-16)30-15-23(28)27-26-14-18-6-5-7-19(13-18)31-24(29)20-8-3-4-9-21(20)25/h3-14H,15H2,1-2H3,(H,27,28)/b26-14-. The monoisotopic (exact) mass is 436 g/mol. The lowest BCUT2D eigenvalue weighted by Crippen LogP contribution is -2.24. The third kappa shape index (κ3) is 6.42. The second-order valence-corrected chi connectivity index (χ2v) is 7.20. The molecule has 0 radical (unpaired) electrons. The average molecular weight is 437 g/mol. The summed E-state index contributed by atoms with van der Waals surface area (Å²) in [7, 11) is 0. The van der Waals surface area contributed by atoms with Crippen LogP contribution in [0.2, 0.25) is 5.02 Å². The van der Waals surface area contributed by atoms with E-state index in [2.05, 4.69) is 10.5 Å². The summed E-state index contributed by atoms with van der Waals surface area (Å²) in [6.07, 6.45) is 1.45. The van der Waals surface area contributed by atoms with Gasteiger partial charge in [-0.1, -0.05) is 48.0 Å². The number of nitrogens with one attached hydrogen (secondary N) is 1. The Morgan fingerprint density at radius 1 is 1.03 bits per heavy atom. The van der Waals surface area contributed by atoms with E-state index in [0.717, 1.165) is 11.1 Å². The number of hydrogen-bond donors (Lipinski definition) is 1. The molecule has 0 spiro atoms. The molecule has 0 aliphatic rings. The molecule has 3 rings (SSSR count). The fourth-order valence-corrected chi connectivity index (χ4v) is 2.88. The first-order chi connectivity index (χ1) is 14.9. The SMILES string of the molecule is Cc1ccc(C)c(OCC(=O)N/N=C\c2cccc(OC(=O)c3ccccc3Cl)c2)c1. The van der Waals surface area contributed by atoms with E-state index in [4.69, 9.17) is 21.1 Å². The predicted molar refractivity (Wildman–Crippen MR) is 120 cm³/mol. The molecule has 0 aliphatic carbocycles. The molecule has 0 saturated carbocycles. The smallest absolute Gasteiger partial charge is 0.345 e. The minimum atomic E-state index is -0.559. The number of aryl methyl sites for hydroxylation is 2. The summed E-state index contributed by atoms with van der Waals surface area (Å²) in [4.78, 5) is 24.2. The van der Waals surface area contributed by atoms with E-state index in [1.807, 2.05) is 32.0 Å². The summed E-state index contributed by atoms with van der Waals surface area (Å²) in [5.74, 6) is 0.0423. The molecule has 0 fully saturated rings. The van der Waals surface area contributed by atoms with Gasteiger partial charge in [-0.05, 0) is 60.9 Å². The van der Waals surface area contributed by atoms with Gasteiger partial charge in [0.15, 0.2) is 6.61 Å². The highest BCUT2D eigenvalue weighted by molar-refractivity contribution is 6.33. The normalized spacial score (nSPS) is 10.7. The van der Waals surface area contributed by atoms with E-state index in [1.165, 1.54) is 6.21 Å². The number of hydrogen-bond acceptors (Lipinski definition) is 5. The van der Waals surface area contributed by atoms with Crippen molar-refractivity contribution >= 4 is 29.7 Å². The Morgan fingerprint density at radius 3 is 2.65 bits per heavy atom. The van der Waals surface area contributed by atoms with E-state index in [9.17, 15) is 9.59 Å². The molecular formula is C24H21ClN2O4. The lowest BCUT2D eigenvalue weighted by molar-refractivity contribution is -0.123. The van der Waals surface area contributed by atoms with E-state index in [-0.39, 0.29) is 12.2 Å². The molecule has 6 nitrogen and oxygen atoms in total. The Hall–Kier alpha value is -3.64. The van der Waals surface area contributed by atoms with Crippen molar-refractivity contribution in [1.29, 1.82) is 0 Å². The van der Waals surface area contributed by atoms with Crippen LogP contribution < -0.4 is 14.9 Å². The van der Waals surface area contributed by atoms with Gasteiger partial charge in [-0.25, -0.2) is 10.2 Å². The van der Waals surface area contributed by atoms with Gasteiger partial charge < -0.3 is 9.47 Å². The first-order valence-electron chi connectivity index (χ1n) is 9.51. The molecule has 1 N–H and O–H groups in total. The van der Waals surface area contributed by atoms with E-state index < -0.39 is 11.9 Å². The second kappa shape index (κ2) is 10.4. The van der Waals surface area contributed by atoms with E-state index in [1.54, 1.807) is 48.5 Å². The van der Waals surface area contributed by atoms with Gasteiger partial charge in [0.1, 0.15) is 11.5 Å². The first-order valence-corrected chi connectivity index (χ1v) is 9.89. The van der Waals surface area contributed by atoms with Crippen molar-refractivity contribution in [2.75, 3.05) is 6.61 Å². The van der Waals surface area contributed by atoms with Crippen LogP contribution in [0, 0.1) is 13.8 Å². The fraction of sp³-hybridized carbons (Fsp3) is 0.125. The molecule has 0 unspecified atom stereocenters. The quantitative estimate of drug-likeness (QED) is 0.252. The summed E-state index contributed by atoms with van der Waals surface area (Å²) >= 11 is 6.02. The van der Waals surface area contributed by atoms with Crippen LogP contribution in [-0.2, 0) is 4.79 Å². The molecule has 0 aliphatic heterocycles. The Labute approximate surface area is 185 Å². The largest absolute Gasteiger partial charge is 0.483 e. The van der Waals surface area contributed by atoms with Gasteiger partial charge >= 0.3 is 5.97 Å². The number of hydrazone groups is 1. The van der Waals surface area contributed by atoms with Gasteiger partial charge in [0.25, 0.3) is 5.91 Å². The van der Waals surface area contributed by atoms with Crippen LogP contribution >= 0.6 is 11.6 Å². The highest BCUT2D eigenvalue weighted by Crippen LogP contribution is 2.20. The van der Waals surface area contributed by atoms with Crippen LogP contribution in [0.3, 0.4) is 0 Å². The van der Waals surface area contributed by atoms with Crippen LogP contribution in [0.25, 0.3) is 0 Å². The average Bonchev–Trinajstić information content (AvgIpc) is 2.75. The van der Waals surface area contributed by atoms with E-state index in [0.29, 0.717) is 22.1 Å². The van der Waals surface area contributed by atoms with Crippen LogP contribution in [0.15, 0.2) is 71.8 Å². The number of benzene rings is 3. The second-order valence-electron chi connectivity index (χ2n) is 6.79. The topological polar surface area (TPSA) is 77.0 Å². The summed E-state index contributed by atoms with van der Waals surface area (Å²) in [6.45, 7) is 3.71. The Bertz CT molecular complexity index is 1130. The van der Waals surface area contributed by atoms with Gasteiger partial charge in [-0.2, -0.15) is 5.10 Å². The lowest BCUT2D eigenvalue weighted by atomic mass is 10.1. The molecule has 0 aromatic heterocycles. The van der Waals surface area contributed by atoms with Crippen molar-refractivity contribution in [3.05, 3.63) is 94.0 Å². The van der Waals surface area contributed by atoms with E-state index >= 15 is 0 Å². The number of carbonyl (C=O) groups is 2. The first kappa shape index (κ1) is 22.1. The predicted octanol–water partition coefficient (Wildman–Crippen LogP) is 4.71. The van der Waals surface area contributed by atoms with Crippen LogP contribution in [0.5, 0.6) is 11.5 Å². The van der Waals surface area contributed by atoms with Crippen LogP contribution in [-0.4, -0.2) is 24.7 Å². The number of ether oxygens (including phenoxy) is 2. The molecular weight excluding hydrogens is 416 g/mol. The summed E-state index contributed by atoms with van der Waals surface area (Å²) in [5.41, 5.74) is 5.32. The highest BCUT2D eigenvalue weighted by atomic mass is 35.5. The Balaban J connectivity index is 1.54. The van der Waals surface area contributed by atoms with Crippen molar-refractivity contribution in [3.63, 3.8) is 0 Å². The van der Waals surface area contributed by atoms with Crippen molar-refractivity contribution < 1.29 is 19.1 Å². The third-order valence-corrected chi connectivity index (χ3v) is 4.60. The minimum Gasteiger partial charge on any atom is -0.483 e. The van der Waals surface area contributed by atoms with Gasteiger partial charge in [0, 0.05) is 0 Å².